The fourth-order valence-electron chi connectivity index (χ4n) is 1.91. The lowest BCUT2D eigenvalue weighted by atomic mass is 10.2. The molecule has 1 aliphatic rings. The molecule has 0 spiro atoms. The molecule has 0 aromatic carbocycles. The van der Waals surface area contributed by atoms with Crippen LogP contribution in [0.3, 0.4) is 0 Å². The first-order valence-electron chi connectivity index (χ1n) is 4.58. The number of aliphatic hydroxyl groups is 1. The van der Waals surface area contributed by atoms with E-state index in [2.05, 4.69) is 11.9 Å². The minimum absolute atomic E-state index is 0.180. The van der Waals surface area contributed by atoms with E-state index in [9.17, 15) is 0 Å². The first-order valence-corrected chi connectivity index (χ1v) is 4.58. The lowest BCUT2D eigenvalue weighted by Crippen LogP contribution is -2.34. The summed E-state index contributed by atoms with van der Waals surface area (Å²) in [6, 6.07) is 0.740. The highest BCUT2D eigenvalue weighted by atomic mass is 16.3. The van der Waals surface area contributed by atoms with Gasteiger partial charge in [0.1, 0.15) is 0 Å². The fraction of sp³-hybridized carbons (Fsp3) is 1.00. The predicted octanol–water partition coefficient (Wildman–Crippen LogP) is 1.24. The standard InChI is InChI=1S/C9H19NO/c1-8(11)7-10(2)9-5-3-4-6-9/h8-9,11H,3-7H2,1-2H3/t8-/m0/s1. The molecular weight excluding hydrogens is 138 g/mol. The van der Waals surface area contributed by atoms with Crippen molar-refractivity contribution < 1.29 is 5.11 Å². The van der Waals surface area contributed by atoms with Crippen LogP contribution in [0.25, 0.3) is 0 Å². The molecular formula is C9H19NO. The van der Waals surface area contributed by atoms with E-state index in [0.717, 1.165) is 12.6 Å². The number of nitrogens with zero attached hydrogens (tertiary/aromatic N) is 1. The Kier molecular flexibility index (Phi) is 3.34. The Hall–Kier alpha value is -0.0800. The molecule has 66 valence electrons. The Labute approximate surface area is 69.2 Å². The highest BCUT2D eigenvalue weighted by Crippen LogP contribution is 2.22. The van der Waals surface area contributed by atoms with Gasteiger partial charge in [-0.3, -0.25) is 0 Å². The van der Waals surface area contributed by atoms with Crippen LogP contribution in [0.15, 0.2) is 0 Å². The summed E-state index contributed by atoms with van der Waals surface area (Å²) in [5.74, 6) is 0. The maximum Gasteiger partial charge on any atom is 0.0639 e. The lowest BCUT2D eigenvalue weighted by molar-refractivity contribution is 0.118. The van der Waals surface area contributed by atoms with E-state index in [1.165, 1.54) is 25.7 Å². The van der Waals surface area contributed by atoms with Crippen molar-refractivity contribution in [2.75, 3.05) is 13.6 Å². The maximum absolute atomic E-state index is 9.14. The Balaban J connectivity index is 2.22. The second-order valence-corrected chi connectivity index (χ2v) is 3.73. The molecule has 2 nitrogen and oxygen atoms in total. The van der Waals surface area contributed by atoms with E-state index >= 15 is 0 Å². The summed E-state index contributed by atoms with van der Waals surface area (Å²) in [5, 5.41) is 9.14. The zero-order valence-corrected chi connectivity index (χ0v) is 7.58. The summed E-state index contributed by atoms with van der Waals surface area (Å²) in [7, 11) is 2.11. The quantitative estimate of drug-likeness (QED) is 0.666. The van der Waals surface area contributed by atoms with Crippen LogP contribution < -0.4 is 0 Å². The fourth-order valence-corrected chi connectivity index (χ4v) is 1.91. The van der Waals surface area contributed by atoms with Gasteiger partial charge >= 0.3 is 0 Å². The monoisotopic (exact) mass is 157 g/mol. The largest absolute Gasteiger partial charge is 0.392 e. The van der Waals surface area contributed by atoms with E-state index in [1.54, 1.807) is 0 Å². The normalized spacial score (nSPS) is 22.9. The summed E-state index contributed by atoms with van der Waals surface area (Å²) >= 11 is 0. The highest BCUT2D eigenvalue weighted by Gasteiger charge is 2.19. The number of hydrogen-bond donors (Lipinski definition) is 1. The topological polar surface area (TPSA) is 23.5 Å². The Morgan fingerprint density at radius 2 is 2.00 bits per heavy atom. The van der Waals surface area contributed by atoms with Gasteiger partial charge in [-0.1, -0.05) is 12.8 Å². The molecule has 0 aromatic heterocycles. The average Bonchev–Trinajstić information content (AvgIpc) is 2.35. The van der Waals surface area contributed by atoms with Crippen LogP contribution in [0.2, 0.25) is 0 Å². The Morgan fingerprint density at radius 3 is 2.45 bits per heavy atom. The summed E-state index contributed by atoms with van der Waals surface area (Å²) in [4.78, 5) is 2.29. The number of likely N-dealkylation sites (N-methyl/N-ethyl adjacent to an activating group) is 1. The first kappa shape index (κ1) is 9.01. The third-order valence-electron chi connectivity index (χ3n) is 2.50. The van der Waals surface area contributed by atoms with Crippen LogP contribution >= 0.6 is 0 Å². The van der Waals surface area contributed by atoms with Crippen molar-refractivity contribution in [1.82, 2.24) is 4.90 Å². The molecule has 0 heterocycles. The van der Waals surface area contributed by atoms with Gasteiger partial charge in [-0.15, -0.1) is 0 Å². The van der Waals surface area contributed by atoms with Crippen molar-refractivity contribution >= 4 is 0 Å². The minimum atomic E-state index is -0.180. The van der Waals surface area contributed by atoms with Crippen LogP contribution in [0.4, 0.5) is 0 Å². The second kappa shape index (κ2) is 4.07. The third-order valence-corrected chi connectivity index (χ3v) is 2.50. The molecule has 2 heteroatoms. The molecule has 0 amide bonds. The molecule has 0 aromatic rings. The van der Waals surface area contributed by atoms with Gasteiger partial charge < -0.3 is 10.0 Å². The van der Waals surface area contributed by atoms with Crippen molar-refractivity contribution in [1.29, 1.82) is 0 Å². The average molecular weight is 157 g/mol. The van der Waals surface area contributed by atoms with Crippen molar-refractivity contribution in [2.24, 2.45) is 0 Å². The van der Waals surface area contributed by atoms with E-state index in [0.29, 0.717) is 0 Å². The molecule has 1 fully saturated rings. The van der Waals surface area contributed by atoms with E-state index in [4.69, 9.17) is 5.11 Å². The Bertz CT molecular complexity index is 108. The Morgan fingerprint density at radius 1 is 1.45 bits per heavy atom. The first-order chi connectivity index (χ1) is 5.20. The number of rotatable bonds is 3. The molecule has 1 N–H and O–H groups in total. The lowest BCUT2D eigenvalue weighted by Gasteiger charge is -2.24. The van der Waals surface area contributed by atoms with Crippen LogP contribution in [-0.2, 0) is 0 Å². The SMILES string of the molecule is C[C@H](O)CN(C)C1CCCC1. The second-order valence-electron chi connectivity index (χ2n) is 3.73. The van der Waals surface area contributed by atoms with Gasteiger partial charge in [0.15, 0.2) is 0 Å². The molecule has 11 heavy (non-hydrogen) atoms. The summed E-state index contributed by atoms with van der Waals surface area (Å²) in [6.07, 6.45) is 5.20. The molecule has 0 saturated heterocycles. The van der Waals surface area contributed by atoms with E-state index < -0.39 is 0 Å². The van der Waals surface area contributed by atoms with Gasteiger partial charge in [0.25, 0.3) is 0 Å². The summed E-state index contributed by atoms with van der Waals surface area (Å²) in [6.45, 7) is 2.68. The van der Waals surface area contributed by atoms with E-state index in [1.807, 2.05) is 6.92 Å². The molecule has 1 saturated carbocycles. The number of aliphatic hydroxyl groups excluding tert-OH is 1. The van der Waals surface area contributed by atoms with Gasteiger partial charge in [0.2, 0.25) is 0 Å². The van der Waals surface area contributed by atoms with Crippen LogP contribution in [0.1, 0.15) is 32.6 Å². The van der Waals surface area contributed by atoms with Gasteiger partial charge in [0.05, 0.1) is 6.10 Å². The van der Waals surface area contributed by atoms with Gasteiger partial charge in [-0.05, 0) is 26.8 Å². The molecule has 0 radical (unpaired) electrons. The van der Waals surface area contributed by atoms with Crippen molar-refractivity contribution in [3.05, 3.63) is 0 Å². The minimum Gasteiger partial charge on any atom is -0.392 e. The molecule has 1 atom stereocenters. The molecule has 1 aliphatic carbocycles. The zero-order chi connectivity index (χ0) is 8.27. The summed E-state index contributed by atoms with van der Waals surface area (Å²) in [5.41, 5.74) is 0. The molecule has 0 unspecified atom stereocenters. The van der Waals surface area contributed by atoms with Crippen LogP contribution in [0, 0.1) is 0 Å². The summed E-state index contributed by atoms with van der Waals surface area (Å²) < 4.78 is 0. The van der Waals surface area contributed by atoms with E-state index in [-0.39, 0.29) is 6.10 Å². The molecule has 0 bridgehead atoms. The maximum atomic E-state index is 9.14. The number of hydrogen-bond acceptors (Lipinski definition) is 2. The highest BCUT2D eigenvalue weighted by molar-refractivity contribution is 4.75. The van der Waals surface area contributed by atoms with Gasteiger partial charge in [-0.2, -0.15) is 0 Å². The van der Waals surface area contributed by atoms with Crippen LogP contribution in [-0.4, -0.2) is 35.7 Å². The third kappa shape index (κ3) is 2.80. The zero-order valence-electron chi connectivity index (χ0n) is 7.58. The van der Waals surface area contributed by atoms with Crippen molar-refractivity contribution in [3.8, 4) is 0 Å². The van der Waals surface area contributed by atoms with Crippen LogP contribution in [0.5, 0.6) is 0 Å². The van der Waals surface area contributed by atoms with Crippen molar-refractivity contribution in [3.63, 3.8) is 0 Å². The van der Waals surface area contributed by atoms with Gasteiger partial charge in [-0.25, -0.2) is 0 Å². The molecule has 1 rings (SSSR count). The smallest absolute Gasteiger partial charge is 0.0639 e. The van der Waals surface area contributed by atoms with Gasteiger partial charge in [0, 0.05) is 12.6 Å². The predicted molar refractivity (Wildman–Crippen MR) is 46.6 cm³/mol. The van der Waals surface area contributed by atoms with Crippen molar-refractivity contribution in [2.45, 2.75) is 44.8 Å². The molecule has 0 aliphatic heterocycles.